The van der Waals surface area contributed by atoms with Crippen LogP contribution in [0, 0.1) is 40.9 Å². The van der Waals surface area contributed by atoms with Crippen molar-refractivity contribution in [3.63, 3.8) is 0 Å². The van der Waals surface area contributed by atoms with Crippen LogP contribution >= 0.6 is 0 Å². The molecule has 0 spiro atoms. The summed E-state index contributed by atoms with van der Waals surface area (Å²) >= 11 is 0. The van der Waals surface area contributed by atoms with Gasteiger partial charge in [-0.2, -0.15) is 18.4 Å². The monoisotopic (exact) mass is 543 g/mol. The second-order valence-corrected chi connectivity index (χ2v) is 12.1. The van der Waals surface area contributed by atoms with Gasteiger partial charge in [0.2, 0.25) is 11.8 Å². The first kappa shape index (κ1) is 28.3. The number of nitriles is 1. The fourth-order valence-corrected chi connectivity index (χ4v) is 5.89. The van der Waals surface area contributed by atoms with Crippen molar-refractivity contribution in [2.45, 2.75) is 65.8 Å². The number of benzene rings is 1. The number of nitrogens with one attached hydrogen (secondary N) is 2. The average Bonchev–Trinajstić information content (AvgIpc) is 3.16. The van der Waals surface area contributed by atoms with Crippen molar-refractivity contribution in [1.29, 1.82) is 5.26 Å². The van der Waals surface area contributed by atoms with E-state index in [1.54, 1.807) is 33.9 Å². The van der Waals surface area contributed by atoms with Gasteiger partial charge < -0.3 is 15.5 Å². The van der Waals surface area contributed by atoms with Crippen molar-refractivity contribution in [1.82, 2.24) is 20.5 Å². The highest BCUT2D eigenvalue weighted by atomic mass is 19.4. The number of likely N-dealkylation sites (tertiary alicyclic amines) is 1. The molecule has 1 saturated heterocycles. The number of fused-ring (bicyclic) bond motifs is 2. The van der Waals surface area contributed by atoms with Crippen LogP contribution in [-0.2, 0) is 14.4 Å². The van der Waals surface area contributed by atoms with Gasteiger partial charge in [0.25, 0.3) is 0 Å². The van der Waals surface area contributed by atoms with Crippen LogP contribution in [0.4, 0.5) is 13.2 Å². The van der Waals surface area contributed by atoms with Gasteiger partial charge in [0.15, 0.2) is 0 Å². The second kappa shape index (κ2) is 9.50. The zero-order valence-corrected chi connectivity index (χ0v) is 22.7. The van der Waals surface area contributed by atoms with E-state index in [1.807, 2.05) is 43.4 Å². The first-order chi connectivity index (χ1) is 18.0. The Bertz CT molecular complexity index is 1380. The third-order valence-corrected chi connectivity index (χ3v) is 8.15. The van der Waals surface area contributed by atoms with Crippen LogP contribution < -0.4 is 10.6 Å². The number of hydrogen-bond donors (Lipinski definition) is 2. The molecule has 2 fully saturated rings. The summed E-state index contributed by atoms with van der Waals surface area (Å²) in [7, 11) is 0. The molecule has 5 atom stereocenters. The molecule has 0 radical (unpaired) electrons. The van der Waals surface area contributed by atoms with Gasteiger partial charge in [0, 0.05) is 29.4 Å². The Kier molecular flexibility index (Phi) is 6.90. The van der Waals surface area contributed by atoms with E-state index in [0.29, 0.717) is 11.3 Å². The van der Waals surface area contributed by atoms with Crippen molar-refractivity contribution in [2.75, 3.05) is 6.54 Å². The van der Waals surface area contributed by atoms with E-state index in [9.17, 15) is 32.8 Å². The lowest BCUT2D eigenvalue weighted by Crippen LogP contribution is -2.60. The van der Waals surface area contributed by atoms with Crippen molar-refractivity contribution in [2.24, 2.45) is 22.7 Å². The summed E-state index contributed by atoms with van der Waals surface area (Å²) in [5.74, 6) is -3.84. The molecule has 1 aromatic carbocycles. The quantitative estimate of drug-likeness (QED) is 0.595. The first-order valence-electron chi connectivity index (χ1n) is 12.7. The molecule has 39 heavy (non-hydrogen) atoms. The molecule has 5 unspecified atom stereocenters. The van der Waals surface area contributed by atoms with Gasteiger partial charge in [0.05, 0.1) is 6.07 Å². The minimum Gasteiger partial charge on any atom is -0.336 e. The molecule has 8 nitrogen and oxygen atoms in total. The smallest absolute Gasteiger partial charge is 0.336 e. The molecule has 1 aliphatic carbocycles. The third kappa shape index (κ3) is 5.04. The molecular formula is C28H32F3N5O3. The number of aryl methyl sites for hydroxylation is 1. The summed E-state index contributed by atoms with van der Waals surface area (Å²) < 4.78 is 39.2. The van der Waals surface area contributed by atoms with Gasteiger partial charge in [-0.3, -0.25) is 19.4 Å². The summed E-state index contributed by atoms with van der Waals surface area (Å²) in [6.45, 7) is 10.5. The zero-order chi connectivity index (χ0) is 29.1. The van der Waals surface area contributed by atoms with Gasteiger partial charge in [-0.1, -0.05) is 58.9 Å². The van der Waals surface area contributed by atoms with Gasteiger partial charge in [-0.05, 0) is 35.0 Å². The van der Waals surface area contributed by atoms with E-state index in [-0.39, 0.29) is 23.8 Å². The molecule has 3 amide bonds. The first-order valence-corrected chi connectivity index (χ1v) is 12.7. The molecule has 1 saturated carbocycles. The number of nitrogens with zero attached hydrogens (tertiary/aromatic N) is 3. The van der Waals surface area contributed by atoms with E-state index < -0.39 is 47.4 Å². The molecule has 4 rings (SSSR count). The average molecular weight is 544 g/mol. The normalized spacial score (nSPS) is 23.4. The number of carbonyl (C=O) groups is 3. The molecule has 2 aliphatic rings. The van der Waals surface area contributed by atoms with E-state index in [0.717, 1.165) is 10.8 Å². The molecule has 2 aromatic rings. The molecule has 0 bridgehead atoms. The number of aromatic nitrogens is 1. The Labute approximate surface area is 224 Å². The van der Waals surface area contributed by atoms with E-state index in [2.05, 4.69) is 16.4 Å². The number of piperidine rings is 1. The van der Waals surface area contributed by atoms with Crippen molar-refractivity contribution in [3.8, 4) is 6.07 Å². The maximum Gasteiger partial charge on any atom is 0.471 e. The van der Waals surface area contributed by atoms with Crippen molar-refractivity contribution >= 4 is 28.5 Å². The number of alkyl halides is 3. The molecule has 11 heteroatoms. The summed E-state index contributed by atoms with van der Waals surface area (Å²) in [6.07, 6.45) is -3.49. The summed E-state index contributed by atoms with van der Waals surface area (Å²) in [6, 6.07) is 5.87. The Hall–Kier alpha value is -3.68. The molecular weight excluding hydrogens is 511 g/mol. The van der Waals surface area contributed by atoms with Gasteiger partial charge in [-0.15, -0.1) is 0 Å². The highest BCUT2D eigenvalue weighted by molar-refractivity contribution is 5.95. The lowest BCUT2D eigenvalue weighted by Gasteiger charge is -2.37. The van der Waals surface area contributed by atoms with Crippen LogP contribution in [0.2, 0.25) is 0 Å². The largest absolute Gasteiger partial charge is 0.471 e. The summed E-state index contributed by atoms with van der Waals surface area (Å²) in [5, 5.41) is 16.2. The highest BCUT2D eigenvalue weighted by Gasteiger charge is 2.70. The van der Waals surface area contributed by atoms with Gasteiger partial charge in [-0.25, -0.2) is 0 Å². The molecule has 1 aliphatic heterocycles. The van der Waals surface area contributed by atoms with Crippen molar-refractivity contribution in [3.05, 3.63) is 41.7 Å². The lowest BCUT2D eigenvalue weighted by atomic mass is 9.85. The number of hydrogen-bond acceptors (Lipinski definition) is 5. The van der Waals surface area contributed by atoms with Crippen LogP contribution in [0.5, 0.6) is 0 Å². The molecule has 1 aromatic heterocycles. The number of rotatable bonds is 5. The summed E-state index contributed by atoms with van der Waals surface area (Å²) in [5.41, 5.74) is -0.240. The maximum absolute atomic E-state index is 13.8. The van der Waals surface area contributed by atoms with E-state index in [1.165, 1.54) is 4.90 Å². The predicted octanol–water partition coefficient (Wildman–Crippen LogP) is 3.80. The Balaban J connectivity index is 1.66. The Morgan fingerprint density at radius 2 is 1.79 bits per heavy atom. The topological polar surface area (TPSA) is 115 Å². The van der Waals surface area contributed by atoms with Gasteiger partial charge >= 0.3 is 12.1 Å². The fraction of sp³-hybridized carbons (Fsp3) is 0.536. The Morgan fingerprint density at radius 3 is 2.38 bits per heavy atom. The Morgan fingerprint density at radius 1 is 1.15 bits per heavy atom. The van der Waals surface area contributed by atoms with Crippen LogP contribution in [0.15, 0.2) is 30.5 Å². The van der Waals surface area contributed by atoms with Gasteiger partial charge in [0.1, 0.15) is 18.1 Å². The molecule has 2 N–H and O–H groups in total. The van der Waals surface area contributed by atoms with E-state index in [4.69, 9.17) is 0 Å². The van der Waals surface area contributed by atoms with Crippen molar-refractivity contribution < 1.29 is 27.6 Å². The summed E-state index contributed by atoms with van der Waals surface area (Å²) in [4.78, 5) is 44.9. The minimum absolute atomic E-state index is 0.0439. The van der Waals surface area contributed by atoms with Crippen LogP contribution in [0.1, 0.15) is 51.9 Å². The number of amides is 3. The SMILES string of the molecule is Cc1ncc2ccccc2c1C(C#N)NC(=O)C1C2C(CN1C(=O)C(NC(=O)C(F)(F)F)C(C)(C)C)C2(C)C. The lowest BCUT2D eigenvalue weighted by molar-refractivity contribution is -0.176. The number of carbonyl (C=O) groups excluding carboxylic acids is 3. The highest BCUT2D eigenvalue weighted by Crippen LogP contribution is 2.65. The fourth-order valence-electron chi connectivity index (χ4n) is 5.89. The predicted molar refractivity (Wildman–Crippen MR) is 137 cm³/mol. The molecule has 208 valence electrons. The van der Waals surface area contributed by atoms with Crippen LogP contribution in [0.3, 0.4) is 0 Å². The second-order valence-electron chi connectivity index (χ2n) is 12.1. The zero-order valence-electron chi connectivity index (χ0n) is 22.7. The van der Waals surface area contributed by atoms with E-state index >= 15 is 0 Å². The molecule has 2 heterocycles. The minimum atomic E-state index is -5.17. The standard InChI is InChI=1S/C28H32F3N5O3/c1-14-19(16-10-8-7-9-15(16)12-33-14)18(11-32)34-23(37)21-20-17(27(20,5)6)13-36(21)24(38)22(26(2,3)4)35-25(39)28(29,30)31/h7-10,12,17-18,20-22H,13H2,1-6H3,(H,34,37)(H,35,39). The number of pyridine rings is 1. The number of halogens is 3. The third-order valence-electron chi connectivity index (χ3n) is 8.15. The van der Waals surface area contributed by atoms with Crippen LogP contribution in [0.25, 0.3) is 10.8 Å². The van der Waals surface area contributed by atoms with Crippen LogP contribution in [-0.4, -0.2) is 52.4 Å². The maximum atomic E-state index is 13.8.